The first kappa shape index (κ1) is 21.6. The average molecular weight is 416 g/mol. The molecule has 1 saturated heterocycles. The van der Waals surface area contributed by atoms with Crippen molar-refractivity contribution >= 4 is 17.9 Å². The summed E-state index contributed by atoms with van der Waals surface area (Å²) in [7, 11) is 1.58. The maximum Gasteiger partial charge on any atom is 0.338 e. The van der Waals surface area contributed by atoms with Crippen LogP contribution >= 0.6 is 0 Å². The van der Waals surface area contributed by atoms with Gasteiger partial charge in [-0.3, -0.25) is 9.69 Å². The lowest BCUT2D eigenvalue weighted by atomic mass is 9.94. The number of carbonyl (C=O) groups is 3. The van der Waals surface area contributed by atoms with Crippen LogP contribution in [0, 0.1) is 0 Å². The molecule has 0 aromatic heterocycles. The molecule has 2 aliphatic heterocycles. The Morgan fingerprint density at radius 3 is 2.37 bits per heavy atom. The summed E-state index contributed by atoms with van der Waals surface area (Å²) in [5.41, 5.74) is 1.66. The third kappa shape index (κ3) is 4.91. The van der Waals surface area contributed by atoms with E-state index in [1.54, 1.807) is 38.0 Å². The van der Waals surface area contributed by atoms with Crippen LogP contribution in [0.3, 0.4) is 0 Å². The predicted octanol–water partition coefficient (Wildman–Crippen LogP) is 1.03. The van der Waals surface area contributed by atoms with Crippen LogP contribution < -0.4 is 15.4 Å². The highest BCUT2D eigenvalue weighted by molar-refractivity contribution is 5.95. The Kier molecular flexibility index (Phi) is 6.94. The molecule has 1 aromatic rings. The minimum absolute atomic E-state index is 0.0517. The molecular formula is C21H28N4O5. The molecule has 1 fully saturated rings. The first-order valence-corrected chi connectivity index (χ1v) is 10.0. The molecular weight excluding hydrogens is 388 g/mol. The molecule has 0 bridgehead atoms. The zero-order valence-electron chi connectivity index (χ0n) is 17.6. The Morgan fingerprint density at radius 2 is 1.80 bits per heavy atom. The van der Waals surface area contributed by atoms with Gasteiger partial charge in [-0.15, -0.1) is 0 Å². The molecule has 0 aliphatic carbocycles. The Hall–Kier alpha value is -3.07. The maximum absolute atomic E-state index is 12.8. The van der Waals surface area contributed by atoms with Gasteiger partial charge < -0.3 is 25.0 Å². The Balaban J connectivity index is 1.89. The first-order valence-electron chi connectivity index (χ1n) is 10.0. The van der Waals surface area contributed by atoms with Crippen molar-refractivity contribution in [3.8, 4) is 5.75 Å². The second-order valence-electron chi connectivity index (χ2n) is 7.20. The van der Waals surface area contributed by atoms with Crippen LogP contribution in [-0.2, 0) is 14.3 Å². The van der Waals surface area contributed by atoms with Gasteiger partial charge in [0.1, 0.15) is 5.75 Å². The number of benzene rings is 1. The summed E-state index contributed by atoms with van der Waals surface area (Å²) in [5.74, 6) is 0.267. The summed E-state index contributed by atoms with van der Waals surface area (Å²) in [4.78, 5) is 40.7. The second kappa shape index (κ2) is 9.62. The van der Waals surface area contributed by atoms with Crippen LogP contribution in [0.2, 0.25) is 0 Å². The number of hydrogen-bond donors (Lipinski definition) is 2. The molecule has 3 rings (SSSR count). The van der Waals surface area contributed by atoms with E-state index >= 15 is 0 Å². The SMILES string of the molecule is CCOC(=O)C1=C(CN2CCN(C(C)=O)CC2)NC(=O)N[C@H]1c1ccc(OC)cc1. The molecule has 0 saturated carbocycles. The summed E-state index contributed by atoms with van der Waals surface area (Å²) < 4.78 is 10.5. The van der Waals surface area contributed by atoms with Crippen LogP contribution in [0.15, 0.2) is 35.5 Å². The number of urea groups is 1. The first-order chi connectivity index (χ1) is 14.4. The van der Waals surface area contributed by atoms with E-state index < -0.39 is 12.0 Å². The van der Waals surface area contributed by atoms with Gasteiger partial charge >= 0.3 is 12.0 Å². The minimum Gasteiger partial charge on any atom is -0.497 e. The molecule has 1 atom stereocenters. The summed E-state index contributed by atoms with van der Waals surface area (Å²) in [6, 6.07) is 6.20. The molecule has 0 radical (unpaired) electrons. The average Bonchev–Trinajstić information content (AvgIpc) is 2.74. The quantitative estimate of drug-likeness (QED) is 0.672. The normalized spacial score (nSPS) is 19.8. The van der Waals surface area contributed by atoms with Gasteiger partial charge in [0, 0.05) is 45.3 Å². The Morgan fingerprint density at radius 1 is 1.13 bits per heavy atom. The number of carbonyl (C=O) groups excluding carboxylic acids is 3. The summed E-state index contributed by atoms with van der Waals surface area (Å²) >= 11 is 0. The summed E-state index contributed by atoms with van der Waals surface area (Å²) in [5, 5.41) is 5.62. The molecule has 162 valence electrons. The largest absolute Gasteiger partial charge is 0.497 e. The fourth-order valence-corrected chi connectivity index (χ4v) is 3.68. The van der Waals surface area contributed by atoms with E-state index in [2.05, 4.69) is 15.5 Å². The molecule has 2 heterocycles. The van der Waals surface area contributed by atoms with Gasteiger partial charge in [-0.1, -0.05) is 12.1 Å². The number of amides is 3. The van der Waals surface area contributed by atoms with Gasteiger partial charge in [-0.25, -0.2) is 9.59 Å². The van der Waals surface area contributed by atoms with Gasteiger partial charge in [0.2, 0.25) is 5.91 Å². The van der Waals surface area contributed by atoms with Gasteiger partial charge in [0.05, 0.1) is 25.3 Å². The maximum atomic E-state index is 12.8. The summed E-state index contributed by atoms with van der Waals surface area (Å²) in [6.45, 7) is 6.48. The van der Waals surface area contributed by atoms with E-state index in [4.69, 9.17) is 9.47 Å². The number of nitrogens with zero attached hydrogens (tertiary/aromatic N) is 2. The van der Waals surface area contributed by atoms with Gasteiger partial charge in [-0.2, -0.15) is 0 Å². The topological polar surface area (TPSA) is 100 Å². The van der Waals surface area contributed by atoms with Crippen molar-refractivity contribution in [1.29, 1.82) is 0 Å². The highest BCUT2D eigenvalue weighted by atomic mass is 16.5. The highest BCUT2D eigenvalue weighted by Gasteiger charge is 2.34. The molecule has 3 amide bonds. The molecule has 0 unspecified atom stereocenters. The lowest BCUT2D eigenvalue weighted by molar-refractivity contribution is -0.139. The van der Waals surface area contributed by atoms with E-state index in [0.29, 0.717) is 49.7 Å². The third-order valence-electron chi connectivity index (χ3n) is 5.30. The number of hydrogen-bond acceptors (Lipinski definition) is 6. The van der Waals surface area contributed by atoms with E-state index in [-0.39, 0.29) is 18.5 Å². The van der Waals surface area contributed by atoms with E-state index in [1.807, 2.05) is 12.1 Å². The zero-order chi connectivity index (χ0) is 21.7. The molecule has 1 aromatic carbocycles. The Bertz CT molecular complexity index is 828. The fraction of sp³-hybridized carbons (Fsp3) is 0.476. The van der Waals surface area contributed by atoms with Gasteiger partial charge in [-0.05, 0) is 24.6 Å². The second-order valence-corrected chi connectivity index (χ2v) is 7.20. The number of rotatable bonds is 6. The lowest BCUT2D eigenvalue weighted by Gasteiger charge is -2.36. The van der Waals surface area contributed by atoms with Gasteiger partial charge in [0.25, 0.3) is 0 Å². The van der Waals surface area contributed by atoms with Crippen molar-refractivity contribution in [2.75, 3.05) is 46.4 Å². The number of esters is 1. The standard InChI is InChI=1S/C21H28N4O5/c1-4-30-20(27)18-17(13-24-9-11-25(12-10-24)14(2)26)22-21(28)23-19(18)15-5-7-16(29-3)8-6-15/h5-8,19H,4,9-13H2,1-3H3,(H2,22,23,28)/t19-/m0/s1. The van der Waals surface area contributed by atoms with Crippen LogP contribution in [0.5, 0.6) is 5.75 Å². The smallest absolute Gasteiger partial charge is 0.338 e. The van der Waals surface area contributed by atoms with E-state index in [9.17, 15) is 14.4 Å². The van der Waals surface area contributed by atoms with Crippen LogP contribution in [0.1, 0.15) is 25.5 Å². The van der Waals surface area contributed by atoms with Crippen LogP contribution in [0.25, 0.3) is 0 Å². The van der Waals surface area contributed by atoms with Crippen molar-refractivity contribution in [3.05, 3.63) is 41.1 Å². The monoisotopic (exact) mass is 416 g/mol. The number of piperazine rings is 1. The van der Waals surface area contributed by atoms with Crippen molar-refractivity contribution in [2.45, 2.75) is 19.9 Å². The van der Waals surface area contributed by atoms with E-state index in [1.165, 1.54) is 0 Å². The predicted molar refractivity (Wildman–Crippen MR) is 110 cm³/mol. The fourth-order valence-electron chi connectivity index (χ4n) is 3.68. The van der Waals surface area contributed by atoms with Gasteiger partial charge in [0.15, 0.2) is 0 Å². The van der Waals surface area contributed by atoms with Crippen LogP contribution in [-0.4, -0.2) is 74.1 Å². The number of ether oxygens (including phenoxy) is 2. The lowest BCUT2D eigenvalue weighted by Crippen LogP contribution is -2.52. The molecule has 9 heteroatoms. The van der Waals surface area contributed by atoms with Crippen molar-refractivity contribution < 1.29 is 23.9 Å². The minimum atomic E-state index is -0.628. The number of methoxy groups -OCH3 is 1. The molecule has 30 heavy (non-hydrogen) atoms. The molecule has 9 nitrogen and oxygen atoms in total. The molecule has 0 spiro atoms. The number of nitrogens with one attached hydrogen (secondary N) is 2. The highest BCUT2D eigenvalue weighted by Crippen LogP contribution is 2.29. The van der Waals surface area contributed by atoms with Crippen molar-refractivity contribution in [2.24, 2.45) is 0 Å². The molecule has 2 aliphatic rings. The van der Waals surface area contributed by atoms with Crippen molar-refractivity contribution in [3.63, 3.8) is 0 Å². The third-order valence-corrected chi connectivity index (χ3v) is 5.30. The van der Waals surface area contributed by atoms with E-state index in [0.717, 1.165) is 5.56 Å². The molecule has 2 N–H and O–H groups in total. The Labute approximate surface area is 176 Å². The van der Waals surface area contributed by atoms with Crippen molar-refractivity contribution in [1.82, 2.24) is 20.4 Å². The zero-order valence-corrected chi connectivity index (χ0v) is 17.6. The van der Waals surface area contributed by atoms with Crippen LogP contribution in [0.4, 0.5) is 4.79 Å². The summed E-state index contributed by atoms with van der Waals surface area (Å²) in [6.07, 6.45) is 0.